The van der Waals surface area contributed by atoms with Crippen LogP contribution in [0.2, 0.25) is 0 Å². The fraction of sp³-hybridized carbons (Fsp3) is 0.400. The summed E-state index contributed by atoms with van der Waals surface area (Å²) in [5, 5.41) is 0. The normalized spacial score (nSPS) is 8.69. The number of benzene rings is 1. The number of methoxy groups -OCH3 is 1. The van der Waals surface area contributed by atoms with Crippen LogP contribution in [0.25, 0.3) is 0 Å². The average Bonchev–Trinajstić information content (AvgIpc) is 2.20. The van der Waals surface area contributed by atoms with Gasteiger partial charge in [-0.15, -0.1) is 0 Å². The molecule has 0 aliphatic heterocycles. The number of hydrogen-bond acceptors (Lipinski definition) is 2. The molecule has 1 aromatic carbocycles. The predicted octanol–water partition coefficient (Wildman–Crippen LogP) is 2.94. The van der Waals surface area contributed by atoms with Crippen molar-refractivity contribution in [3.05, 3.63) is 28.2 Å². The molecule has 0 bridgehead atoms. The third kappa shape index (κ3) is 3.79. The van der Waals surface area contributed by atoms with Crippen molar-refractivity contribution in [1.82, 2.24) is 0 Å². The third-order valence-corrected chi connectivity index (χ3v) is 2.07. The number of ether oxygens (including phenoxy) is 1. The molecule has 0 saturated heterocycles. The van der Waals surface area contributed by atoms with Crippen molar-refractivity contribution in [2.24, 2.45) is 5.73 Å². The van der Waals surface area contributed by atoms with Crippen LogP contribution >= 0.6 is 15.9 Å². The molecule has 0 aliphatic carbocycles. The molecular weight excluding hydrogens is 230 g/mol. The van der Waals surface area contributed by atoms with Crippen LogP contribution < -0.4 is 10.5 Å². The van der Waals surface area contributed by atoms with Gasteiger partial charge in [0, 0.05) is 6.54 Å². The molecule has 0 aromatic heterocycles. The zero-order chi connectivity index (χ0) is 10.3. The van der Waals surface area contributed by atoms with Crippen molar-refractivity contribution in [2.75, 3.05) is 7.11 Å². The first-order chi connectivity index (χ1) is 6.27. The quantitative estimate of drug-likeness (QED) is 0.870. The number of halogens is 1. The molecule has 0 spiro atoms. The monoisotopic (exact) mass is 245 g/mol. The Balaban J connectivity index is 0.000000671. The lowest BCUT2D eigenvalue weighted by Gasteiger charge is -2.03. The number of rotatable bonds is 2. The first kappa shape index (κ1) is 12.5. The Bertz CT molecular complexity index is 251. The highest BCUT2D eigenvalue weighted by Gasteiger charge is 1.98. The van der Waals surface area contributed by atoms with Gasteiger partial charge in [0.15, 0.2) is 0 Å². The van der Waals surface area contributed by atoms with E-state index in [0.717, 1.165) is 15.8 Å². The van der Waals surface area contributed by atoms with E-state index in [1.54, 1.807) is 7.11 Å². The second-order valence-corrected chi connectivity index (χ2v) is 3.03. The van der Waals surface area contributed by atoms with Crippen LogP contribution in [-0.2, 0) is 6.54 Å². The largest absolute Gasteiger partial charge is 0.496 e. The Hall–Kier alpha value is -0.540. The summed E-state index contributed by atoms with van der Waals surface area (Å²) in [5.74, 6) is 0.835. The molecule has 0 heterocycles. The summed E-state index contributed by atoms with van der Waals surface area (Å²) in [4.78, 5) is 0. The lowest BCUT2D eigenvalue weighted by molar-refractivity contribution is 0.412. The topological polar surface area (TPSA) is 35.2 Å². The molecule has 0 atom stereocenters. The molecule has 0 unspecified atom stereocenters. The van der Waals surface area contributed by atoms with Gasteiger partial charge in [-0.2, -0.15) is 0 Å². The van der Waals surface area contributed by atoms with Gasteiger partial charge in [0.25, 0.3) is 0 Å². The van der Waals surface area contributed by atoms with E-state index in [1.807, 2.05) is 32.0 Å². The molecule has 1 rings (SSSR count). The first-order valence-electron chi connectivity index (χ1n) is 4.30. The number of nitrogens with two attached hydrogens (primary N) is 1. The standard InChI is InChI=1S/C8H10BrNO.C2H6/c1-11-8-3-2-6(5-10)4-7(8)9;1-2/h2-4H,5,10H2,1H3;1-2H3. The molecular formula is C10H16BrNO. The minimum Gasteiger partial charge on any atom is -0.496 e. The van der Waals surface area contributed by atoms with Gasteiger partial charge < -0.3 is 10.5 Å². The lowest BCUT2D eigenvalue weighted by atomic mass is 10.2. The van der Waals surface area contributed by atoms with E-state index in [2.05, 4.69) is 15.9 Å². The second kappa shape index (κ2) is 6.92. The Labute approximate surface area is 88.2 Å². The van der Waals surface area contributed by atoms with Crippen LogP contribution in [0.15, 0.2) is 22.7 Å². The van der Waals surface area contributed by atoms with Crippen LogP contribution in [0.3, 0.4) is 0 Å². The fourth-order valence-electron chi connectivity index (χ4n) is 0.837. The van der Waals surface area contributed by atoms with Crippen molar-refractivity contribution in [2.45, 2.75) is 20.4 Å². The van der Waals surface area contributed by atoms with E-state index in [0.29, 0.717) is 6.54 Å². The Kier molecular flexibility index (Phi) is 6.63. The summed E-state index contributed by atoms with van der Waals surface area (Å²) in [6, 6.07) is 5.80. The smallest absolute Gasteiger partial charge is 0.133 e. The highest BCUT2D eigenvalue weighted by atomic mass is 79.9. The fourth-order valence-corrected chi connectivity index (χ4v) is 1.42. The molecule has 2 nitrogen and oxygen atoms in total. The van der Waals surface area contributed by atoms with Crippen LogP contribution in [0.5, 0.6) is 5.75 Å². The van der Waals surface area contributed by atoms with Crippen molar-refractivity contribution in [3.8, 4) is 5.75 Å². The molecule has 3 heteroatoms. The summed E-state index contributed by atoms with van der Waals surface area (Å²) in [6.45, 7) is 4.56. The van der Waals surface area contributed by atoms with Gasteiger partial charge in [-0.1, -0.05) is 19.9 Å². The van der Waals surface area contributed by atoms with E-state index in [-0.39, 0.29) is 0 Å². The van der Waals surface area contributed by atoms with Crippen molar-refractivity contribution < 1.29 is 4.74 Å². The van der Waals surface area contributed by atoms with Gasteiger partial charge in [-0.3, -0.25) is 0 Å². The Morgan fingerprint density at radius 3 is 2.38 bits per heavy atom. The van der Waals surface area contributed by atoms with Gasteiger partial charge in [-0.25, -0.2) is 0 Å². The van der Waals surface area contributed by atoms with E-state index in [4.69, 9.17) is 10.5 Å². The molecule has 13 heavy (non-hydrogen) atoms. The molecule has 74 valence electrons. The average molecular weight is 246 g/mol. The molecule has 0 fully saturated rings. The molecule has 0 saturated carbocycles. The summed E-state index contributed by atoms with van der Waals surface area (Å²) in [5.41, 5.74) is 6.54. The maximum Gasteiger partial charge on any atom is 0.133 e. The lowest BCUT2D eigenvalue weighted by Crippen LogP contribution is -1.96. The maximum atomic E-state index is 5.45. The first-order valence-corrected chi connectivity index (χ1v) is 5.09. The van der Waals surface area contributed by atoms with Crippen LogP contribution in [0.4, 0.5) is 0 Å². The minimum atomic E-state index is 0.558. The van der Waals surface area contributed by atoms with Gasteiger partial charge in [0.2, 0.25) is 0 Å². The molecule has 0 amide bonds. The van der Waals surface area contributed by atoms with Crippen molar-refractivity contribution in [1.29, 1.82) is 0 Å². The highest BCUT2D eigenvalue weighted by Crippen LogP contribution is 2.25. The predicted molar refractivity (Wildman–Crippen MR) is 59.9 cm³/mol. The van der Waals surface area contributed by atoms with Gasteiger partial charge in [0.05, 0.1) is 11.6 Å². The van der Waals surface area contributed by atoms with E-state index in [1.165, 1.54) is 0 Å². The van der Waals surface area contributed by atoms with Crippen LogP contribution in [-0.4, -0.2) is 7.11 Å². The van der Waals surface area contributed by atoms with Crippen LogP contribution in [0.1, 0.15) is 19.4 Å². The Morgan fingerprint density at radius 2 is 2.00 bits per heavy atom. The minimum absolute atomic E-state index is 0.558. The maximum absolute atomic E-state index is 5.45. The summed E-state index contributed by atoms with van der Waals surface area (Å²) < 4.78 is 6.00. The van der Waals surface area contributed by atoms with E-state index < -0.39 is 0 Å². The molecule has 0 aliphatic rings. The molecule has 0 radical (unpaired) electrons. The number of hydrogen-bond donors (Lipinski definition) is 1. The van der Waals surface area contributed by atoms with Crippen LogP contribution in [0, 0.1) is 0 Å². The SMILES string of the molecule is CC.COc1ccc(CN)cc1Br. The van der Waals surface area contributed by atoms with E-state index in [9.17, 15) is 0 Å². The second-order valence-electron chi connectivity index (χ2n) is 2.17. The summed E-state index contributed by atoms with van der Waals surface area (Å²) in [7, 11) is 1.64. The van der Waals surface area contributed by atoms with E-state index >= 15 is 0 Å². The third-order valence-electron chi connectivity index (χ3n) is 1.45. The van der Waals surface area contributed by atoms with Crippen molar-refractivity contribution in [3.63, 3.8) is 0 Å². The molecule has 2 N–H and O–H groups in total. The highest BCUT2D eigenvalue weighted by molar-refractivity contribution is 9.10. The Morgan fingerprint density at radius 1 is 1.38 bits per heavy atom. The molecule has 1 aromatic rings. The summed E-state index contributed by atoms with van der Waals surface area (Å²) in [6.07, 6.45) is 0. The van der Waals surface area contributed by atoms with Gasteiger partial charge in [0.1, 0.15) is 5.75 Å². The summed E-state index contributed by atoms with van der Waals surface area (Å²) >= 11 is 3.37. The zero-order valence-corrected chi connectivity index (χ0v) is 9.89. The van der Waals surface area contributed by atoms with Gasteiger partial charge in [-0.05, 0) is 33.6 Å². The van der Waals surface area contributed by atoms with Gasteiger partial charge >= 0.3 is 0 Å². The zero-order valence-electron chi connectivity index (χ0n) is 8.30. The van der Waals surface area contributed by atoms with Crippen molar-refractivity contribution >= 4 is 15.9 Å².